The van der Waals surface area contributed by atoms with Crippen LogP contribution in [0.5, 0.6) is 0 Å². The third-order valence-electron chi connectivity index (χ3n) is 0.846. The summed E-state index contributed by atoms with van der Waals surface area (Å²) in [5.41, 5.74) is 0. The zero-order chi connectivity index (χ0) is 8.24. The van der Waals surface area contributed by atoms with E-state index in [1.165, 1.54) is 6.42 Å². The van der Waals surface area contributed by atoms with E-state index in [0.29, 0.717) is 0 Å². The summed E-state index contributed by atoms with van der Waals surface area (Å²) in [6.07, 6.45) is 1.17. The van der Waals surface area contributed by atoms with Crippen molar-refractivity contribution in [1.82, 2.24) is 5.32 Å². The lowest BCUT2D eigenvalue weighted by Crippen LogP contribution is -2.26. The van der Waals surface area contributed by atoms with Gasteiger partial charge in [0.05, 0.1) is 6.73 Å². The summed E-state index contributed by atoms with van der Waals surface area (Å²) in [5.74, 6) is 0. The molecule has 1 heterocycles. The fraction of sp³-hybridized carbons (Fsp3) is 1.00. The Hall–Kier alpha value is -0.0800. The minimum Gasteiger partial charge on any atom is -0.366 e. The van der Waals surface area contributed by atoms with Gasteiger partial charge in [0.25, 0.3) is 0 Å². The lowest BCUT2D eigenvalue weighted by atomic mass is 10.4. The molecular weight excluding hydrogens is 126 g/mol. The molecule has 0 spiro atoms. The standard InChI is InChI=1S/C4H9NO.2C2H6/c1-2-5-4-6-3-1;2*1-2/h5H,1-4H2;2*1-2H3. The molecule has 64 valence electrons. The molecule has 0 unspecified atom stereocenters. The molecule has 1 N–H and O–H groups in total. The van der Waals surface area contributed by atoms with E-state index in [9.17, 15) is 0 Å². The van der Waals surface area contributed by atoms with Gasteiger partial charge in [-0.25, -0.2) is 0 Å². The molecule has 0 aromatic rings. The number of ether oxygens (including phenoxy) is 1. The highest BCUT2D eigenvalue weighted by molar-refractivity contribution is 4.45. The maximum atomic E-state index is 4.96. The maximum absolute atomic E-state index is 4.96. The van der Waals surface area contributed by atoms with Gasteiger partial charge in [0, 0.05) is 6.61 Å². The fourth-order valence-corrected chi connectivity index (χ4v) is 0.516. The minimum atomic E-state index is 0.750. The van der Waals surface area contributed by atoms with E-state index in [-0.39, 0.29) is 0 Å². The molecule has 0 saturated carbocycles. The second-order valence-electron chi connectivity index (χ2n) is 1.41. The van der Waals surface area contributed by atoms with Gasteiger partial charge >= 0.3 is 0 Å². The summed E-state index contributed by atoms with van der Waals surface area (Å²) in [7, 11) is 0. The molecule has 1 aliphatic rings. The Morgan fingerprint density at radius 3 is 1.80 bits per heavy atom. The average molecular weight is 147 g/mol. The van der Waals surface area contributed by atoms with Crippen molar-refractivity contribution in [2.45, 2.75) is 34.1 Å². The molecule has 1 fully saturated rings. The first-order valence-corrected chi connectivity index (χ1v) is 4.28. The number of hydrogen-bond acceptors (Lipinski definition) is 2. The van der Waals surface area contributed by atoms with Gasteiger partial charge < -0.3 is 4.74 Å². The van der Waals surface area contributed by atoms with Crippen molar-refractivity contribution in [3.05, 3.63) is 0 Å². The van der Waals surface area contributed by atoms with Crippen molar-refractivity contribution >= 4 is 0 Å². The smallest absolute Gasteiger partial charge is 0.0965 e. The first kappa shape index (κ1) is 12.6. The van der Waals surface area contributed by atoms with Crippen molar-refractivity contribution in [2.24, 2.45) is 0 Å². The summed E-state index contributed by atoms with van der Waals surface area (Å²) in [4.78, 5) is 0. The Balaban J connectivity index is 0. The van der Waals surface area contributed by atoms with Gasteiger partial charge in [0.1, 0.15) is 0 Å². The van der Waals surface area contributed by atoms with Crippen LogP contribution in [-0.4, -0.2) is 19.9 Å². The van der Waals surface area contributed by atoms with Crippen LogP contribution in [0, 0.1) is 0 Å². The molecule has 0 aliphatic carbocycles. The first-order chi connectivity index (χ1) is 5.00. The third kappa shape index (κ3) is 10.8. The van der Waals surface area contributed by atoms with Crippen molar-refractivity contribution in [3.8, 4) is 0 Å². The molecule has 0 aromatic carbocycles. The summed E-state index contributed by atoms with van der Waals surface area (Å²) < 4.78 is 4.96. The van der Waals surface area contributed by atoms with Crippen LogP contribution in [0.4, 0.5) is 0 Å². The van der Waals surface area contributed by atoms with E-state index >= 15 is 0 Å². The van der Waals surface area contributed by atoms with Gasteiger partial charge in [-0.1, -0.05) is 27.7 Å². The maximum Gasteiger partial charge on any atom is 0.0965 e. The molecule has 2 nitrogen and oxygen atoms in total. The highest BCUT2D eigenvalue weighted by Gasteiger charge is 1.92. The minimum absolute atomic E-state index is 0.750. The molecule has 0 bridgehead atoms. The molecule has 0 atom stereocenters. The Bertz CT molecular complexity index is 24.7. The predicted octanol–water partition coefficient (Wildman–Crippen LogP) is 2.01. The fourth-order valence-electron chi connectivity index (χ4n) is 0.516. The van der Waals surface area contributed by atoms with Gasteiger partial charge in [-0.3, -0.25) is 5.32 Å². The van der Waals surface area contributed by atoms with E-state index in [0.717, 1.165) is 19.9 Å². The van der Waals surface area contributed by atoms with E-state index in [1.54, 1.807) is 0 Å². The number of rotatable bonds is 0. The largest absolute Gasteiger partial charge is 0.366 e. The van der Waals surface area contributed by atoms with Crippen molar-refractivity contribution in [3.63, 3.8) is 0 Å². The molecule has 0 aromatic heterocycles. The zero-order valence-electron chi connectivity index (χ0n) is 7.74. The molecule has 10 heavy (non-hydrogen) atoms. The normalized spacial score (nSPS) is 15.6. The van der Waals surface area contributed by atoms with E-state index in [2.05, 4.69) is 5.32 Å². The summed E-state index contributed by atoms with van der Waals surface area (Å²) in [5, 5.41) is 3.06. The Morgan fingerprint density at radius 2 is 1.70 bits per heavy atom. The second-order valence-corrected chi connectivity index (χ2v) is 1.41. The highest BCUT2D eigenvalue weighted by Crippen LogP contribution is 1.83. The van der Waals surface area contributed by atoms with Crippen LogP contribution < -0.4 is 5.32 Å². The molecular formula is C8H21NO. The Labute approximate surface area is 65.0 Å². The van der Waals surface area contributed by atoms with Crippen LogP contribution in [0.1, 0.15) is 34.1 Å². The predicted molar refractivity (Wildman–Crippen MR) is 46.1 cm³/mol. The van der Waals surface area contributed by atoms with Gasteiger partial charge in [0.15, 0.2) is 0 Å². The van der Waals surface area contributed by atoms with Gasteiger partial charge in [0.2, 0.25) is 0 Å². The van der Waals surface area contributed by atoms with Crippen LogP contribution in [0.2, 0.25) is 0 Å². The second kappa shape index (κ2) is 16.0. The number of nitrogens with one attached hydrogen (secondary N) is 1. The van der Waals surface area contributed by atoms with Gasteiger partial charge in [-0.15, -0.1) is 0 Å². The van der Waals surface area contributed by atoms with Crippen LogP contribution in [0.25, 0.3) is 0 Å². The molecule has 1 rings (SSSR count). The lowest BCUT2D eigenvalue weighted by Gasteiger charge is -2.10. The third-order valence-corrected chi connectivity index (χ3v) is 0.846. The summed E-state index contributed by atoms with van der Waals surface area (Å²) in [6.45, 7) is 10.8. The number of hydrogen-bond donors (Lipinski definition) is 1. The van der Waals surface area contributed by atoms with Crippen LogP contribution >= 0.6 is 0 Å². The van der Waals surface area contributed by atoms with Crippen molar-refractivity contribution < 1.29 is 4.74 Å². The van der Waals surface area contributed by atoms with Crippen molar-refractivity contribution in [1.29, 1.82) is 0 Å². The van der Waals surface area contributed by atoms with Gasteiger partial charge in [-0.05, 0) is 13.0 Å². The zero-order valence-corrected chi connectivity index (χ0v) is 7.74. The topological polar surface area (TPSA) is 21.3 Å². The average Bonchev–Trinajstić information content (AvgIpc) is 2.14. The van der Waals surface area contributed by atoms with Crippen LogP contribution in [0.3, 0.4) is 0 Å². The molecule has 2 heteroatoms. The van der Waals surface area contributed by atoms with Crippen molar-refractivity contribution in [2.75, 3.05) is 19.9 Å². The van der Waals surface area contributed by atoms with Crippen LogP contribution in [-0.2, 0) is 4.74 Å². The monoisotopic (exact) mass is 147 g/mol. The lowest BCUT2D eigenvalue weighted by molar-refractivity contribution is 0.0848. The van der Waals surface area contributed by atoms with E-state index in [1.807, 2.05) is 27.7 Å². The summed E-state index contributed by atoms with van der Waals surface area (Å²) >= 11 is 0. The molecule has 0 amide bonds. The quantitative estimate of drug-likeness (QED) is 0.566. The first-order valence-electron chi connectivity index (χ1n) is 4.28. The molecule has 1 saturated heterocycles. The van der Waals surface area contributed by atoms with Gasteiger partial charge in [-0.2, -0.15) is 0 Å². The SMILES string of the molecule is C1CNCOC1.CC.CC. The summed E-state index contributed by atoms with van der Waals surface area (Å²) in [6, 6.07) is 0. The van der Waals surface area contributed by atoms with E-state index < -0.39 is 0 Å². The Kier molecular flexibility index (Phi) is 20.1. The molecule has 0 radical (unpaired) electrons. The molecule has 1 aliphatic heterocycles. The Morgan fingerprint density at radius 1 is 1.10 bits per heavy atom. The van der Waals surface area contributed by atoms with E-state index in [4.69, 9.17) is 4.74 Å². The highest BCUT2D eigenvalue weighted by atomic mass is 16.5. The van der Waals surface area contributed by atoms with Crippen LogP contribution in [0.15, 0.2) is 0 Å².